The molecule has 0 unspecified atom stereocenters. The second kappa shape index (κ2) is 6.94. The van der Waals surface area contributed by atoms with Crippen LogP contribution in [0, 0.1) is 11.8 Å². The average molecular weight is 227 g/mol. The van der Waals surface area contributed by atoms with Crippen LogP contribution < -0.4 is 0 Å². The number of nitrogens with zero attached hydrogens (tertiary/aromatic N) is 2. The lowest BCUT2D eigenvalue weighted by Gasteiger charge is -2.27. The lowest BCUT2D eigenvalue weighted by Crippen LogP contribution is -2.42. The summed E-state index contributed by atoms with van der Waals surface area (Å²) in [5.74, 6) is 1.45. The van der Waals surface area contributed by atoms with Crippen LogP contribution in [-0.4, -0.2) is 52.2 Å². The molecule has 0 heterocycles. The molecule has 0 atom stereocenters. The van der Waals surface area contributed by atoms with E-state index < -0.39 is 0 Å². The van der Waals surface area contributed by atoms with Gasteiger partial charge >= 0.3 is 0 Å². The summed E-state index contributed by atoms with van der Waals surface area (Å²) >= 11 is 0. The zero-order valence-electron chi connectivity index (χ0n) is 8.96. The molecule has 0 aromatic rings. The third-order valence-corrected chi connectivity index (χ3v) is 2.86. The van der Waals surface area contributed by atoms with Gasteiger partial charge in [-0.15, -0.1) is 0 Å². The van der Waals surface area contributed by atoms with Crippen LogP contribution in [0.15, 0.2) is 0 Å². The van der Waals surface area contributed by atoms with Crippen molar-refractivity contribution in [2.24, 2.45) is 11.8 Å². The second-order valence-corrected chi connectivity index (χ2v) is 7.64. The third-order valence-electron chi connectivity index (χ3n) is 1.41. The van der Waals surface area contributed by atoms with E-state index in [9.17, 15) is 0 Å². The Morgan fingerprint density at radius 1 is 1.00 bits per heavy atom. The van der Waals surface area contributed by atoms with Gasteiger partial charge in [-0.2, -0.15) is 0 Å². The van der Waals surface area contributed by atoms with Crippen molar-refractivity contribution in [1.82, 2.24) is 8.46 Å². The largest absolute Gasteiger partial charge is 0.363 e. The molecule has 5 heteroatoms. The molecule has 72 valence electrons. The molecular formula is C8H18N2Si3. The van der Waals surface area contributed by atoms with Gasteiger partial charge in [-0.05, 0) is 24.9 Å². The molecule has 0 amide bonds. The summed E-state index contributed by atoms with van der Waals surface area (Å²) in [5, 5.41) is 0. The minimum Gasteiger partial charge on any atom is -0.363 e. The minimum absolute atomic E-state index is 0.659. The zero-order chi connectivity index (χ0) is 10.4. The quantitative estimate of drug-likeness (QED) is 0.612. The van der Waals surface area contributed by atoms with Crippen LogP contribution in [0.4, 0.5) is 0 Å². The van der Waals surface area contributed by atoms with Crippen LogP contribution in [0.1, 0.15) is 27.7 Å². The Balaban J connectivity index is 3.87. The number of hydrogen-bond acceptors (Lipinski definition) is 2. The van der Waals surface area contributed by atoms with E-state index in [1.54, 1.807) is 0 Å². The summed E-state index contributed by atoms with van der Waals surface area (Å²) in [6.45, 7) is 11.3. The van der Waals surface area contributed by atoms with Crippen LogP contribution in [0.25, 0.3) is 0 Å². The SMILES string of the molecule is CC(C)CN(CC(C)C)[Si]N([Si])[Si]. The highest BCUT2D eigenvalue weighted by atomic mass is 28.3. The Morgan fingerprint density at radius 3 is 1.62 bits per heavy atom. The van der Waals surface area contributed by atoms with Gasteiger partial charge in [0.05, 0.1) is 0 Å². The van der Waals surface area contributed by atoms with Gasteiger partial charge in [0.15, 0.2) is 0 Å². The van der Waals surface area contributed by atoms with Crippen LogP contribution in [0.5, 0.6) is 0 Å². The summed E-state index contributed by atoms with van der Waals surface area (Å²) in [6.07, 6.45) is 0. The van der Waals surface area contributed by atoms with Crippen LogP contribution in [0.2, 0.25) is 0 Å². The second-order valence-electron chi connectivity index (χ2n) is 4.13. The molecule has 0 aliphatic rings. The molecule has 0 rings (SSSR count). The molecule has 0 bridgehead atoms. The topological polar surface area (TPSA) is 6.48 Å². The standard InChI is InChI=1S/C8H18N2Si3/c1-7(2)5-9(6-8(3)4)13-10(11)12/h7-8H,5-6H2,1-4H3. The average Bonchev–Trinajstić information content (AvgIpc) is 1.80. The Bertz CT molecular complexity index is 105. The molecule has 0 saturated carbocycles. The fourth-order valence-corrected chi connectivity index (χ4v) is 3.20. The molecule has 13 heavy (non-hydrogen) atoms. The summed E-state index contributed by atoms with van der Waals surface area (Å²) in [7, 11) is 7.50. The zero-order valence-corrected chi connectivity index (χ0v) is 12.0. The van der Waals surface area contributed by atoms with Crippen molar-refractivity contribution in [3.63, 3.8) is 0 Å². The van der Waals surface area contributed by atoms with E-state index in [2.05, 4.69) is 53.1 Å². The van der Waals surface area contributed by atoms with Gasteiger partial charge < -0.3 is 8.46 Å². The van der Waals surface area contributed by atoms with E-state index in [-0.39, 0.29) is 0 Å². The molecule has 0 aliphatic carbocycles. The highest BCUT2D eigenvalue weighted by Gasteiger charge is 2.11. The number of hydrogen-bond donors (Lipinski definition) is 0. The predicted octanol–water partition coefficient (Wildman–Crippen LogP) is 0.604. The fourth-order valence-electron chi connectivity index (χ4n) is 1.18. The Labute approximate surface area is 92.0 Å². The fraction of sp³-hybridized carbons (Fsp3) is 1.00. The van der Waals surface area contributed by atoms with E-state index >= 15 is 0 Å². The maximum atomic E-state index is 3.42. The van der Waals surface area contributed by atoms with E-state index in [1.165, 1.54) is 0 Å². The van der Waals surface area contributed by atoms with Crippen molar-refractivity contribution in [3.05, 3.63) is 0 Å². The van der Waals surface area contributed by atoms with Crippen molar-refractivity contribution >= 4 is 30.7 Å². The van der Waals surface area contributed by atoms with Gasteiger partial charge in [-0.1, -0.05) is 27.7 Å². The molecule has 2 nitrogen and oxygen atoms in total. The summed E-state index contributed by atoms with van der Waals surface area (Å²) in [4.78, 5) is 0. The molecule has 0 fully saturated rings. The first-order chi connectivity index (χ1) is 5.91. The maximum absolute atomic E-state index is 3.42. The molecule has 0 saturated heterocycles. The van der Waals surface area contributed by atoms with Crippen LogP contribution in [0.3, 0.4) is 0 Å². The van der Waals surface area contributed by atoms with E-state index in [0.29, 0.717) is 9.84 Å². The third kappa shape index (κ3) is 8.89. The number of rotatable bonds is 6. The molecule has 8 radical (unpaired) electrons. The lowest BCUT2D eigenvalue weighted by molar-refractivity contribution is 0.339. The first-order valence-corrected chi connectivity index (χ1v) is 6.44. The van der Waals surface area contributed by atoms with Gasteiger partial charge in [0.25, 0.3) is 0 Å². The lowest BCUT2D eigenvalue weighted by atomic mass is 10.2. The van der Waals surface area contributed by atoms with Crippen LogP contribution in [-0.2, 0) is 0 Å². The summed E-state index contributed by atoms with van der Waals surface area (Å²) < 4.78 is 4.33. The first-order valence-electron chi connectivity index (χ1n) is 4.65. The van der Waals surface area contributed by atoms with Gasteiger partial charge in [-0.25, -0.2) is 0 Å². The highest BCUT2D eigenvalue weighted by molar-refractivity contribution is 6.50. The Kier molecular flexibility index (Phi) is 7.25. The normalized spacial score (nSPS) is 12.5. The maximum Gasteiger partial charge on any atom is 0.235 e. The molecule has 0 aromatic carbocycles. The smallest absolute Gasteiger partial charge is 0.235 e. The van der Waals surface area contributed by atoms with Gasteiger partial charge in [0.2, 0.25) is 9.84 Å². The molecule has 0 spiro atoms. The van der Waals surface area contributed by atoms with E-state index in [4.69, 9.17) is 0 Å². The van der Waals surface area contributed by atoms with Gasteiger partial charge in [0.1, 0.15) is 20.8 Å². The molecule has 0 N–H and O–H groups in total. The first kappa shape index (κ1) is 13.6. The monoisotopic (exact) mass is 226 g/mol. The van der Waals surface area contributed by atoms with Crippen molar-refractivity contribution in [1.29, 1.82) is 0 Å². The van der Waals surface area contributed by atoms with Crippen LogP contribution >= 0.6 is 0 Å². The van der Waals surface area contributed by atoms with Crippen molar-refractivity contribution in [2.75, 3.05) is 13.1 Å². The molecular weight excluding hydrogens is 208 g/mol. The van der Waals surface area contributed by atoms with Crippen molar-refractivity contribution < 1.29 is 0 Å². The van der Waals surface area contributed by atoms with E-state index in [0.717, 1.165) is 24.9 Å². The van der Waals surface area contributed by atoms with Crippen molar-refractivity contribution in [2.45, 2.75) is 27.7 Å². The molecule has 0 aliphatic heterocycles. The Morgan fingerprint density at radius 2 is 1.38 bits per heavy atom. The van der Waals surface area contributed by atoms with Crippen molar-refractivity contribution in [3.8, 4) is 0 Å². The molecule has 0 aromatic heterocycles. The highest BCUT2D eigenvalue weighted by Crippen LogP contribution is 2.02. The summed E-state index contributed by atoms with van der Waals surface area (Å²) in [5.41, 5.74) is 0. The van der Waals surface area contributed by atoms with Gasteiger partial charge in [-0.3, -0.25) is 0 Å². The minimum atomic E-state index is 0.659. The summed E-state index contributed by atoms with van der Waals surface area (Å²) in [6, 6.07) is 0. The van der Waals surface area contributed by atoms with Gasteiger partial charge in [0, 0.05) is 0 Å². The Hall–Kier alpha value is 0.571. The predicted molar refractivity (Wildman–Crippen MR) is 60.4 cm³/mol. The van der Waals surface area contributed by atoms with E-state index in [1.807, 2.05) is 3.90 Å².